The largest absolute Gasteiger partial charge is 0.493 e. The van der Waals surface area contributed by atoms with E-state index in [2.05, 4.69) is 0 Å². The zero-order valence-corrected chi connectivity index (χ0v) is 21.3. The number of hydrogen-bond acceptors (Lipinski definition) is 7. The van der Waals surface area contributed by atoms with Gasteiger partial charge in [0.05, 0.1) is 26.9 Å². The van der Waals surface area contributed by atoms with Crippen LogP contribution in [-0.4, -0.2) is 50.4 Å². The van der Waals surface area contributed by atoms with Gasteiger partial charge in [-0.15, -0.1) is 0 Å². The fourth-order valence-corrected chi connectivity index (χ4v) is 6.54. The van der Waals surface area contributed by atoms with E-state index in [0.29, 0.717) is 28.2 Å². The van der Waals surface area contributed by atoms with Crippen LogP contribution < -0.4 is 14.4 Å². The molecule has 3 aromatic carbocycles. The summed E-state index contributed by atoms with van der Waals surface area (Å²) in [6.07, 6.45) is 3.82. The lowest BCUT2D eigenvalue weighted by molar-refractivity contribution is -0.145. The molecule has 2 heterocycles. The summed E-state index contributed by atoms with van der Waals surface area (Å²) in [5.41, 5.74) is 1.47. The molecule has 3 aromatic rings. The van der Waals surface area contributed by atoms with Crippen LogP contribution >= 0.6 is 0 Å². The van der Waals surface area contributed by atoms with Crippen molar-refractivity contribution in [2.24, 2.45) is 5.41 Å². The topological polar surface area (TPSA) is 82.1 Å². The second-order valence-electron chi connectivity index (χ2n) is 9.63. The molecule has 1 fully saturated rings. The highest BCUT2D eigenvalue weighted by atomic mass is 16.5. The van der Waals surface area contributed by atoms with Gasteiger partial charge in [0.1, 0.15) is 11.5 Å². The first-order valence-corrected chi connectivity index (χ1v) is 12.6. The van der Waals surface area contributed by atoms with E-state index in [1.807, 2.05) is 41.3 Å². The van der Waals surface area contributed by atoms with Crippen LogP contribution in [0.25, 0.3) is 6.08 Å². The van der Waals surface area contributed by atoms with E-state index in [-0.39, 0.29) is 18.2 Å². The van der Waals surface area contributed by atoms with Crippen LogP contribution in [0.3, 0.4) is 0 Å². The monoisotopic (exact) mass is 509 g/mol. The van der Waals surface area contributed by atoms with E-state index >= 15 is 0 Å². The lowest BCUT2D eigenvalue weighted by Gasteiger charge is -2.36. The van der Waals surface area contributed by atoms with Crippen LogP contribution in [0.2, 0.25) is 0 Å². The van der Waals surface area contributed by atoms with Crippen LogP contribution in [-0.2, 0) is 9.53 Å². The Bertz CT molecular complexity index is 1470. The highest BCUT2D eigenvalue weighted by Crippen LogP contribution is 2.61. The van der Waals surface area contributed by atoms with Gasteiger partial charge in [-0.3, -0.25) is 9.59 Å². The lowest BCUT2D eigenvalue weighted by atomic mass is 9.64. The Morgan fingerprint density at radius 2 is 1.55 bits per heavy atom. The van der Waals surface area contributed by atoms with Crippen molar-refractivity contribution in [3.05, 3.63) is 95.1 Å². The number of carbonyl (C=O) groups excluding carboxylic acids is 3. The summed E-state index contributed by atoms with van der Waals surface area (Å²) in [6, 6.07) is 18.2. The second-order valence-corrected chi connectivity index (χ2v) is 9.63. The molecule has 3 aliphatic rings. The maximum atomic E-state index is 14.5. The molecule has 1 aliphatic carbocycles. The molecule has 1 saturated heterocycles. The van der Waals surface area contributed by atoms with Gasteiger partial charge in [-0.05, 0) is 36.2 Å². The molecule has 0 bridgehead atoms. The van der Waals surface area contributed by atoms with Gasteiger partial charge in [0.25, 0.3) is 0 Å². The third-order valence-electron chi connectivity index (χ3n) is 8.01. The smallest absolute Gasteiger partial charge is 0.329 e. The molecule has 192 valence electrons. The number of hydrogen-bond donors (Lipinski definition) is 0. The third-order valence-corrected chi connectivity index (χ3v) is 8.01. The number of benzene rings is 3. The van der Waals surface area contributed by atoms with E-state index < -0.39 is 29.4 Å². The number of nitrogens with zero attached hydrogens (tertiary/aromatic N) is 1. The zero-order chi connectivity index (χ0) is 26.6. The predicted molar refractivity (Wildman–Crippen MR) is 142 cm³/mol. The lowest BCUT2D eigenvalue weighted by Crippen LogP contribution is -2.48. The molecule has 6 rings (SSSR count). The average molecular weight is 510 g/mol. The molecular formula is C31H27NO6. The molecule has 0 aromatic heterocycles. The number of ketones is 2. The number of Topliss-reactive ketones (excluding diaryl/α,β-unsaturated/α-hetero) is 2. The Morgan fingerprint density at radius 1 is 0.895 bits per heavy atom. The van der Waals surface area contributed by atoms with Crippen molar-refractivity contribution in [1.82, 2.24) is 0 Å². The summed E-state index contributed by atoms with van der Waals surface area (Å²) in [6.45, 7) is 1.91. The van der Waals surface area contributed by atoms with E-state index in [0.717, 1.165) is 11.3 Å². The van der Waals surface area contributed by atoms with E-state index in [1.54, 1.807) is 56.5 Å². The molecule has 38 heavy (non-hydrogen) atoms. The average Bonchev–Trinajstić information content (AvgIpc) is 3.39. The van der Waals surface area contributed by atoms with Crippen LogP contribution in [0.4, 0.5) is 5.69 Å². The second kappa shape index (κ2) is 8.87. The summed E-state index contributed by atoms with van der Waals surface area (Å²) in [5, 5.41) is 0. The number of methoxy groups -OCH3 is 2. The molecule has 2 aliphatic heterocycles. The highest BCUT2D eigenvalue weighted by molar-refractivity contribution is 6.32. The van der Waals surface area contributed by atoms with Crippen LogP contribution in [0.5, 0.6) is 11.5 Å². The maximum absolute atomic E-state index is 14.5. The summed E-state index contributed by atoms with van der Waals surface area (Å²) >= 11 is 0. The number of fused-ring (bicyclic) bond motifs is 5. The van der Waals surface area contributed by atoms with Crippen molar-refractivity contribution in [3.8, 4) is 11.5 Å². The summed E-state index contributed by atoms with van der Waals surface area (Å²) in [4.78, 5) is 44.7. The number of rotatable bonds is 5. The number of carbonyl (C=O) groups is 3. The third kappa shape index (κ3) is 3.05. The quantitative estimate of drug-likeness (QED) is 0.364. The fraction of sp³-hybridized carbons (Fsp3) is 0.258. The standard InChI is InChI=1S/C31H27NO6/c1-4-38-30(35)27-26(19-13-15-23(36-2)24(17-19)37-3)31(28(33)20-10-6-7-11-21(20)29(31)34)25-16-14-18-9-5-8-12-22(18)32(25)27/h5-17,25-27H,4H2,1-3H3/t25?,26-,27+/m1/s1. The Labute approximate surface area is 220 Å². The van der Waals surface area contributed by atoms with Gasteiger partial charge in [-0.25, -0.2) is 4.79 Å². The van der Waals surface area contributed by atoms with E-state index in [9.17, 15) is 14.4 Å². The first kappa shape index (κ1) is 24.0. The van der Waals surface area contributed by atoms with Crippen molar-refractivity contribution in [3.63, 3.8) is 0 Å². The van der Waals surface area contributed by atoms with Gasteiger partial charge < -0.3 is 19.1 Å². The predicted octanol–water partition coefficient (Wildman–Crippen LogP) is 4.70. The Hall–Kier alpha value is -4.39. The number of para-hydroxylation sites is 1. The van der Waals surface area contributed by atoms with E-state index in [1.165, 1.54) is 7.11 Å². The number of ether oxygens (including phenoxy) is 3. The Morgan fingerprint density at radius 3 is 2.21 bits per heavy atom. The molecule has 7 heteroatoms. The van der Waals surface area contributed by atoms with Crippen LogP contribution in [0.1, 0.15) is 44.7 Å². The van der Waals surface area contributed by atoms with Gasteiger partial charge in [0.15, 0.2) is 23.1 Å². The minimum atomic E-state index is -1.58. The highest BCUT2D eigenvalue weighted by Gasteiger charge is 2.72. The Kier molecular flexibility index (Phi) is 5.60. The fourth-order valence-electron chi connectivity index (χ4n) is 6.54. The minimum absolute atomic E-state index is 0.166. The molecule has 0 N–H and O–H groups in total. The van der Waals surface area contributed by atoms with Gasteiger partial charge in [0, 0.05) is 22.7 Å². The summed E-state index contributed by atoms with van der Waals surface area (Å²) in [7, 11) is 3.07. The molecule has 7 nitrogen and oxygen atoms in total. The maximum Gasteiger partial charge on any atom is 0.329 e. The van der Waals surface area contributed by atoms with Crippen LogP contribution in [0.15, 0.2) is 72.8 Å². The van der Waals surface area contributed by atoms with Gasteiger partial charge in [-0.1, -0.05) is 60.7 Å². The first-order valence-electron chi connectivity index (χ1n) is 12.6. The molecule has 3 atom stereocenters. The molecular weight excluding hydrogens is 482 g/mol. The zero-order valence-electron chi connectivity index (χ0n) is 21.3. The van der Waals surface area contributed by atoms with Crippen LogP contribution in [0, 0.1) is 5.41 Å². The SMILES string of the molecule is CCOC(=O)[C@@H]1[C@@H](c2ccc(OC)c(OC)c2)C2(C(=O)c3ccccc3C2=O)C2C=Cc3ccccc3N21. The van der Waals surface area contributed by atoms with Gasteiger partial charge >= 0.3 is 5.97 Å². The van der Waals surface area contributed by atoms with Crippen molar-refractivity contribution < 1.29 is 28.6 Å². The van der Waals surface area contributed by atoms with Gasteiger partial charge in [0.2, 0.25) is 0 Å². The first-order chi connectivity index (χ1) is 18.5. The molecule has 0 saturated carbocycles. The molecule has 1 unspecified atom stereocenters. The van der Waals surface area contributed by atoms with Crippen molar-refractivity contribution in [1.29, 1.82) is 0 Å². The summed E-state index contributed by atoms with van der Waals surface area (Å²) < 4.78 is 16.6. The number of esters is 1. The summed E-state index contributed by atoms with van der Waals surface area (Å²) in [5.74, 6) is -0.969. The van der Waals surface area contributed by atoms with Crippen molar-refractivity contribution >= 4 is 29.3 Å². The molecule has 0 radical (unpaired) electrons. The normalized spacial score (nSPS) is 22.2. The Balaban J connectivity index is 1.68. The minimum Gasteiger partial charge on any atom is -0.493 e. The molecule has 0 amide bonds. The van der Waals surface area contributed by atoms with E-state index in [4.69, 9.17) is 14.2 Å². The molecule has 1 spiro atoms. The van der Waals surface area contributed by atoms with Crippen molar-refractivity contribution in [2.75, 3.05) is 25.7 Å². The van der Waals surface area contributed by atoms with Crippen molar-refractivity contribution in [2.45, 2.75) is 24.9 Å². The van der Waals surface area contributed by atoms with Gasteiger partial charge in [-0.2, -0.15) is 0 Å². The number of anilines is 1.